The lowest BCUT2D eigenvalue weighted by molar-refractivity contribution is 0.101. The summed E-state index contributed by atoms with van der Waals surface area (Å²) in [6.45, 7) is 1.73. The first-order valence-corrected chi connectivity index (χ1v) is 8.95. The van der Waals surface area contributed by atoms with Crippen molar-refractivity contribution < 1.29 is 14.3 Å². The number of methoxy groups -OCH3 is 1. The van der Waals surface area contributed by atoms with Gasteiger partial charge in [0.05, 0.1) is 13.7 Å². The Kier molecular flexibility index (Phi) is 6.17. The maximum Gasteiger partial charge on any atom is 0.317 e. The molecule has 1 aromatic carbocycles. The van der Waals surface area contributed by atoms with Crippen molar-refractivity contribution in [2.24, 2.45) is 0 Å². The minimum absolute atomic E-state index is 0.0737. The summed E-state index contributed by atoms with van der Waals surface area (Å²) >= 11 is 6.09. The van der Waals surface area contributed by atoms with Crippen LogP contribution in [-0.4, -0.2) is 42.2 Å². The molecular formula is C19H22ClN3O3. The third-order valence-electron chi connectivity index (χ3n) is 4.30. The lowest BCUT2D eigenvalue weighted by Crippen LogP contribution is -2.48. The van der Waals surface area contributed by atoms with Gasteiger partial charge < -0.3 is 19.7 Å². The van der Waals surface area contributed by atoms with Crippen LogP contribution in [0, 0.1) is 0 Å². The maximum atomic E-state index is 12.5. The van der Waals surface area contributed by atoms with E-state index in [2.05, 4.69) is 10.3 Å². The molecule has 0 saturated carbocycles. The number of hydrogen-bond donors (Lipinski definition) is 1. The second-order valence-electron chi connectivity index (χ2n) is 6.14. The van der Waals surface area contributed by atoms with Gasteiger partial charge in [-0.3, -0.25) is 4.98 Å². The number of urea groups is 1. The van der Waals surface area contributed by atoms with Gasteiger partial charge in [0.1, 0.15) is 22.6 Å². The summed E-state index contributed by atoms with van der Waals surface area (Å²) in [7, 11) is 1.63. The molecule has 1 unspecified atom stereocenters. The zero-order valence-electron chi connectivity index (χ0n) is 14.7. The number of hydrogen-bond acceptors (Lipinski definition) is 4. The molecule has 1 atom stereocenters. The Morgan fingerprint density at radius 1 is 1.35 bits per heavy atom. The van der Waals surface area contributed by atoms with E-state index in [0.29, 0.717) is 23.9 Å². The van der Waals surface area contributed by atoms with Crippen LogP contribution in [0.25, 0.3) is 0 Å². The topological polar surface area (TPSA) is 63.7 Å². The normalized spacial score (nSPS) is 16.8. The molecule has 3 rings (SSSR count). The van der Waals surface area contributed by atoms with Crippen molar-refractivity contribution >= 4 is 17.6 Å². The zero-order chi connectivity index (χ0) is 18.4. The monoisotopic (exact) mass is 375 g/mol. The van der Waals surface area contributed by atoms with E-state index in [9.17, 15) is 4.79 Å². The first kappa shape index (κ1) is 18.3. The third kappa shape index (κ3) is 4.79. The number of nitrogens with one attached hydrogen (secondary N) is 1. The molecule has 2 heterocycles. The van der Waals surface area contributed by atoms with Crippen LogP contribution in [0.1, 0.15) is 18.4 Å². The standard InChI is InChI=1S/C19H22ClN3O3/c1-25-15-6-4-14(5-7-15)11-22-19(24)23-10-2-3-16(13-23)26-18-8-9-21-12-17(18)20/h4-9,12,16H,2-3,10-11,13H2,1H3,(H,22,24). The quantitative estimate of drug-likeness (QED) is 0.868. The highest BCUT2D eigenvalue weighted by atomic mass is 35.5. The van der Waals surface area contributed by atoms with Gasteiger partial charge >= 0.3 is 6.03 Å². The number of carbonyl (C=O) groups excluding carboxylic acids is 1. The molecule has 0 spiro atoms. The molecule has 0 aliphatic carbocycles. The Balaban J connectivity index is 1.51. The Morgan fingerprint density at radius 3 is 2.88 bits per heavy atom. The number of likely N-dealkylation sites (tertiary alicyclic amines) is 1. The van der Waals surface area contributed by atoms with Crippen molar-refractivity contribution in [1.29, 1.82) is 0 Å². The average Bonchev–Trinajstić information content (AvgIpc) is 2.68. The molecule has 2 aromatic rings. The van der Waals surface area contributed by atoms with Crippen LogP contribution in [0.2, 0.25) is 5.02 Å². The van der Waals surface area contributed by atoms with E-state index in [-0.39, 0.29) is 12.1 Å². The lowest BCUT2D eigenvalue weighted by Gasteiger charge is -2.33. The predicted molar refractivity (Wildman–Crippen MR) is 99.7 cm³/mol. The van der Waals surface area contributed by atoms with E-state index in [4.69, 9.17) is 21.1 Å². The summed E-state index contributed by atoms with van der Waals surface area (Å²) in [6, 6.07) is 9.29. The molecule has 1 N–H and O–H groups in total. The number of halogens is 1. The van der Waals surface area contributed by atoms with Crippen molar-refractivity contribution in [3.63, 3.8) is 0 Å². The van der Waals surface area contributed by atoms with Gasteiger partial charge in [0.15, 0.2) is 0 Å². The van der Waals surface area contributed by atoms with Gasteiger partial charge in [0.25, 0.3) is 0 Å². The van der Waals surface area contributed by atoms with Gasteiger partial charge in [-0.05, 0) is 30.5 Å². The zero-order valence-corrected chi connectivity index (χ0v) is 15.4. The lowest BCUT2D eigenvalue weighted by atomic mass is 10.1. The van der Waals surface area contributed by atoms with Crippen molar-refractivity contribution in [2.45, 2.75) is 25.5 Å². The highest BCUT2D eigenvalue weighted by molar-refractivity contribution is 6.31. The van der Waals surface area contributed by atoms with Crippen LogP contribution < -0.4 is 14.8 Å². The van der Waals surface area contributed by atoms with Crippen LogP contribution in [0.15, 0.2) is 42.7 Å². The fourth-order valence-electron chi connectivity index (χ4n) is 2.89. The van der Waals surface area contributed by atoms with Gasteiger partial charge in [-0.25, -0.2) is 4.79 Å². The van der Waals surface area contributed by atoms with Crippen molar-refractivity contribution in [2.75, 3.05) is 20.2 Å². The van der Waals surface area contributed by atoms with E-state index >= 15 is 0 Å². The summed E-state index contributed by atoms with van der Waals surface area (Å²) in [5, 5.41) is 3.44. The van der Waals surface area contributed by atoms with Crippen LogP contribution in [0.3, 0.4) is 0 Å². The summed E-state index contributed by atoms with van der Waals surface area (Å²) in [6.07, 6.45) is 4.91. The number of rotatable bonds is 5. The molecule has 138 valence electrons. The summed E-state index contributed by atoms with van der Waals surface area (Å²) in [5.41, 5.74) is 1.02. The Morgan fingerprint density at radius 2 is 2.15 bits per heavy atom. The molecule has 6 nitrogen and oxygen atoms in total. The van der Waals surface area contributed by atoms with Crippen molar-refractivity contribution in [3.05, 3.63) is 53.3 Å². The number of ether oxygens (including phenoxy) is 2. The van der Waals surface area contributed by atoms with Crippen molar-refractivity contribution in [1.82, 2.24) is 15.2 Å². The van der Waals surface area contributed by atoms with Crippen LogP contribution in [0.5, 0.6) is 11.5 Å². The van der Waals surface area contributed by atoms with Gasteiger partial charge in [-0.15, -0.1) is 0 Å². The number of nitrogens with zero attached hydrogens (tertiary/aromatic N) is 2. The van der Waals surface area contributed by atoms with E-state index < -0.39 is 0 Å². The molecule has 0 radical (unpaired) electrons. The molecule has 26 heavy (non-hydrogen) atoms. The van der Waals surface area contributed by atoms with Gasteiger partial charge in [-0.1, -0.05) is 23.7 Å². The second-order valence-corrected chi connectivity index (χ2v) is 6.55. The van der Waals surface area contributed by atoms with Gasteiger partial charge in [-0.2, -0.15) is 0 Å². The number of carbonyl (C=O) groups is 1. The van der Waals surface area contributed by atoms with Crippen LogP contribution >= 0.6 is 11.6 Å². The molecule has 7 heteroatoms. The first-order valence-electron chi connectivity index (χ1n) is 8.57. The number of benzene rings is 1. The Labute approximate surface area is 158 Å². The largest absolute Gasteiger partial charge is 0.497 e. The van der Waals surface area contributed by atoms with Gasteiger partial charge in [0, 0.05) is 31.5 Å². The van der Waals surface area contributed by atoms with E-state index in [1.54, 1.807) is 30.5 Å². The molecule has 1 fully saturated rings. The van der Waals surface area contributed by atoms with E-state index in [0.717, 1.165) is 30.7 Å². The molecular weight excluding hydrogens is 354 g/mol. The molecule has 1 saturated heterocycles. The first-order chi connectivity index (χ1) is 12.7. The van der Waals surface area contributed by atoms with Gasteiger partial charge in [0.2, 0.25) is 0 Å². The highest BCUT2D eigenvalue weighted by Gasteiger charge is 2.25. The minimum Gasteiger partial charge on any atom is -0.497 e. The smallest absolute Gasteiger partial charge is 0.317 e. The summed E-state index contributed by atoms with van der Waals surface area (Å²) < 4.78 is 11.1. The number of pyridine rings is 1. The van der Waals surface area contributed by atoms with Crippen LogP contribution in [0.4, 0.5) is 4.79 Å². The molecule has 0 bridgehead atoms. The summed E-state index contributed by atoms with van der Waals surface area (Å²) in [4.78, 5) is 18.2. The Bertz CT molecular complexity index is 739. The SMILES string of the molecule is COc1ccc(CNC(=O)N2CCCC(Oc3ccncc3Cl)C2)cc1. The number of piperidine rings is 1. The maximum absolute atomic E-state index is 12.5. The average molecular weight is 376 g/mol. The third-order valence-corrected chi connectivity index (χ3v) is 4.58. The Hall–Kier alpha value is -2.47. The predicted octanol–water partition coefficient (Wildman–Crippen LogP) is 3.50. The fourth-order valence-corrected chi connectivity index (χ4v) is 3.05. The van der Waals surface area contributed by atoms with E-state index in [1.165, 1.54) is 0 Å². The molecule has 1 aromatic heterocycles. The molecule has 1 aliphatic heterocycles. The number of amides is 2. The summed E-state index contributed by atoms with van der Waals surface area (Å²) in [5.74, 6) is 1.40. The fraction of sp³-hybridized carbons (Fsp3) is 0.368. The minimum atomic E-state index is -0.0880. The highest BCUT2D eigenvalue weighted by Crippen LogP contribution is 2.25. The number of aromatic nitrogens is 1. The van der Waals surface area contributed by atoms with E-state index in [1.807, 2.05) is 24.3 Å². The molecule has 1 aliphatic rings. The second kappa shape index (κ2) is 8.76. The van der Waals surface area contributed by atoms with Crippen LogP contribution in [-0.2, 0) is 6.54 Å². The van der Waals surface area contributed by atoms with Crippen molar-refractivity contribution in [3.8, 4) is 11.5 Å². The molecule has 2 amide bonds.